The van der Waals surface area contributed by atoms with Crippen LogP contribution in [0.5, 0.6) is 0 Å². The number of fused-ring (bicyclic) bond motifs is 1. The predicted molar refractivity (Wildman–Crippen MR) is 107 cm³/mol. The molecule has 1 aliphatic rings. The Labute approximate surface area is 165 Å². The third-order valence-electron chi connectivity index (χ3n) is 4.42. The summed E-state index contributed by atoms with van der Waals surface area (Å²) < 4.78 is 53.8. The Morgan fingerprint density at radius 3 is 2.52 bits per heavy atom. The van der Waals surface area contributed by atoms with Crippen LogP contribution in [0.4, 0.5) is 5.69 Å². The van der Waals surface area contributed by atoms with Gasteiger partial charge in [-0.1, -0.05) is 36.7 Å². The van der Waals surface area contributed by atoms with E-state index in [9.17, 15) is 16.8 Å². The molecule has 0 spiro atoms. The zero-order chi connectivity index (χ0) is 19.7. The smallest absolute Gasteiger partial charge is 0.263 e. The van der Waals surface area contributed by atoms with Gasteiger partial charge in [-0.2, -0.15) is 4.31 Å². The number of benzene rings is 2. The van der Waals surface area contributed by atoms with Gasteiger partial charge in [0.15, 0.2) is 0 Å². The number of nitrogens with one attached hydrogen (secondary N) is 1. The number of anilines is 1. The van der Waals surface area contributed by atoms with Crippen LogP contribution in [-0.2, 0) is 33.0 Å². The summed E-state index contributed by atoms with van der Waals surface area (Å²) in [5.41, 5.74) is 2.21. The summed E-state index contributed by atoms with van der Waals surface area (Å²) in [5.74, 6) is 0.112. The van der Waals surface area contributed by atoms with Crippen molar-refractivity contribution in [1.29, 1.82) is 0 Å². The summed E-state index contributed by atoms with van der Waals surface area (Å²) in [6.07, 6.45) is 1.17. The van der Waals surface area contributed by atoms with E-state index in [0.29, 0.717) is 25.1 Å². The molecule has 27 heavy (non-hydrogen) atoms. The second kappa shape index (κ2) is 7.79. The molecular weight excluding hydrogens is 408 g/mol. The summed E-state index contributed by atoms with van der Waals surface area (Å²) >= 11 is 6.00. The van der Waals surface area contributed by atoms with Crippen molar-refractivity contribution in [2.75, 3.05) is 17.0 Å². The highest BCUT2D eigenvalue weighted by Crippen LogP contribution is 2.27. The van der Waals surface area contributed by atoms with Crippen molar-refractivity contribution < 1.29 is 16.8 Å². The Hall–Kier alpha value is -1.61. The highest BCUT2D eigenvalue weighted by molar-refractivity contribution is 7.92. The molecule has 3 rings (SSSR count). The zero-order valence-corrected chi connectivity index (χ0v) is 17.2. The Bertz CT molecular complexity index is 1050. The van der Waals surface area contributed by atoms with Gasteiger partial charge in [0.2, 0.25) is 10.0 Å². The van der Waals surface area contributed by atoms with Gasteiger partial charge in [-0.05, 0) is 48.2 Å². The van der Waals surface area contributed by atoms with Crippen molar-refractivity contribution in [2.24, 2.45) is 0 Å². The van der Waals surface area contributed by atoms with Crippen LogP contribution >= 0.6 is 11.6 Å². The van der Waals surface area contributed by atoms with E-state index in [-0.39, 0.29) is 22.2 Å². The summed E-state index contributed by atoms with van der Waals surface area (Å²) in [6, 6.07) is 11.4. The molecule has 1 aliphatic heterocycles. The molecule has 0 atom stereocenters. The van der Waals surface area contributed by atoms with Gasteiger partial charge in [-0.25, -0.2) is 16.8 Å². The van der Waals surface area contributed by atoms with Crippen LogP contribution in [0.25, 0.3) is 0 Å². The molecule has 1 N–H and O–H groups in total. The van der Waals surface area contributed by atoms with Crippen LogP contribution in [-0.4, -0.2) is 33.4 Å². The maximum atomic E-state index is 12.6. The molecule has 146 valence electrons. The van der Waals surface area contributed by atoms with E-state index >= 15 is 0 Å². The minimum absolute atomic E-state index is 0.00321. The lowest BCUT2D eigenvalue weighted by Crippen LogP contribution is -2.37. The summed E-state index contributed by atoms with van der Waals surface area (Å²) in [7, 11) is -7.13. The molecule has 0 radical (unpaired) electrons. The van der Waals surface area contributed by atoms with Crippen LogP contribution in [0.15, 0.2) is 47.4 Å². The van der Waals surface area contributed by atoms with Gasteiger partial charge in [0.05, 0.1) is 10.8 Å². The van der Waals surface area contributed by atoms with Crippen LogP contribution < -0.4 is 4.72 Å². The quantitative estimate of drug-likeness (QED) is 0.765. The Kier molecular flexibility index (Phi) is 5.81. The third kappa shape index (κ3) is 4.45. The van der Waals surface area contributed by atoms with Gasteiger partial charge in [-0.3, -0.25) is 4.72 Å². The number of halogens is 1. The molecule has 0 bridgehead atoms. The van der Waals surface area contributed by atoms with E-state index in [1.54, 1.807) is 24.3 Å². The SMILES string of the molecule is CCCS(=O)(=O)N1CCc2ccc(NS(=O)(=O)c3ccccc3Cl)cc2C1. The van der Waals surface area contributed by atoms with Gasteiger partial charge in [0.25, 0.3) is 10.0 Å². The Balaban J connectivity index is 1.86. The van der Waals surface area contributed by atoms with E-state index in [0.717, 1.165) is 11.1 Å². The highest BCUT2D eigenvalue weighted by atomic mass is 35.5. The largest absolute Gasteiger partial charge is 0.280 e. The van der Waals surface area contributed by atoms with Gasteiger partial charge < -0.3 is 0 Å². The zero-order valence-electron chi connectivity index (χ0n) is 14.9. The minimum atomic E-state index is -3.83. The molecule has 0 saturated carbocycles. The van der Waals surface area contributed by atoms with Gasteiger partial charge in [-0.15, -0.1) is 0 Å². The van der Waals surface area contributed by atoms with Crippen molar-refractivity contribution in [3.8, 4) is 0 Å². The lowest BCUT2D eigenvalue weighted by atomic mass is 10.0. The van der Waals surface area contributed by atoms with Crippen LogP contribution in [0.1, 0.15) is 24.5 Å². The monoisotopic (exact) mass is 428 g/mol. The highest BCUT2D eigenvalue weighted by Gasteiger charge is 2.26. The second-order valence-corrected chi connectivity index (χ2v) is 10.6. The van der Waals surface area contributed by atoms with Gasteiger partial charge in [0.1, 0.15) is 4.90 Å². The first-order valence-electron chi connectivity index (χ1n) is 8.60. The maximum absolute atomic E-state index is 12.6. The first kappa shape index (κ1) is 20.1. The van der Waals surface area contributed by atoms with Gasteiger partial charge in [0, 0.05) is 18.8 Å². The fraction of sp³-hybridized carbons (Fsp3) is 0.333. The molecule has 0 aromatic heterocycles. The standard InChI is InChI=1S/C18H21ClN2O4S2/c1-2-11-26(22,23)21-10-9-14-7-8-16(12-15(14)13-21)20-27(24,25)18-6-4-3-5-17(18)19/h3-8,12,20H,2,9-11,13H2,1H3. The van der Waals surface area contributed by atoms with Crippen molar-refractivity contribution in [2.45, 2.75) is 31.2 Å². The number of hydrogen-bond acceptors (Lipinski definition) is 4. The first-order valence-corrected chi connectivity index (χ1v) is 12.1. The molecule has 2 aromatic rings. The van der Waals surface area contributed by atoms with Crippen LogP contribution in [0, 0.1) is 0 Å². The average molecular weight is 429 g/mol. The number of sulfonamides is 2. The summed E-state index contributed by atoms with van der Waals surface area (Å²) in [4.78, 5) is -0.00321. The lowest BCUT2D eigenvalue weighted by Gasteiger charge is -2.28. The number of rotatable bonds is 6. The molecule has 0 unspecified atom stereocenters. The van der Waals surface area contributed by atoms with Crippen LogP contribution in [0.2, 0.25) is 5.02 Å². The van der Waals surface area contributed by atoms with Crippen molar-refractivity contribution >= 4 is 37.3 Å². The number of nitrogens with zero attached hydrogens (tertiary/aromatic N) is 1. The molecule has 1 heterocycles. The Morgan fingerprint density at radius 2 is 1.81 bits per heavy atom. The van der Waals surface area contributed by atoms with Crippen molar-refractivity contribution in [3.63, 3.8) is 0 Å². The molecule has 2 aromatic carbocycles. The van der Waals surface area contributed by atoms with E-state index < -0.39 is 20.0 Å². The summed E-state index contributed by atoms with van der Waals surface area (Å²) in [6.45, 7) is 2.52. The van der Waals surface area contributed by atoms with E-state index in [1.165, 1.54) is 16.4 Å². The molecule has 0 amide bonds. The second-order valence-electron chi connectivity index (χ2n) is 6.42. The van der Waals surface area contributed by atoms with Crippen molar-refractivity contribution in [3.05, 3.63) is 58.6 Å². The molecule has 0 saturated heterocycles. The summed E-state index contributed by atoms with van der Waals surface area (Å²) in [5, 5.41) is 0.139. The van der Waals surface area contributed by atoms with E-state index in [1.807, 2.05) is 13.0 Å². The third-order valence-corrected chi connectivity index (χ3v) is 8.32. The Morgan fingerprint density at radius 1 is 1.07 bits per heavy atom. The molecule has 6 nitrogen and oxygen atoms in total. The molecular formula is C18H21ClN2O4S2. The number of hydrogen-bond donors (Lipinski definition) is 1. The van der Waals surface area contributed by atoms with Crippen LogP contribution in [0.3, 0.4) is 0 Å². The fourth-order valence-electron chi connectivity index (χ4n) is 3.09. The van der Waals surface area contributed by atoms with Crippen molar-refractivity contribution in [1.82, 2.24) is 4.31 Å². The average Bonchev–Trinajstić information content (AvgIpc) is 2.61. The molecule has 0 fully saturated rings. The molecule has 9 heteroatoms. The minimum Gasteiger partial charge on any atom is -0.280 e. The predicted octanol–water partition coefficient (Wildman–Crippen LogP) is 3.24. The topological polar surface area (TPSA) is 83.6 Å². The maximum Gasteiger partial charge on any atom is 0.263 e. The first-order chi connectivity index (χ1) is 12.7. The van der Waals surface area contributed by atoms with E-state index in [4.69, 9.17) is 11.6 Å². The fourth-order valence-corrected chi connectivity index (χ4v) is 6.14. The van der Waals surface area contributed by atoms with Gasteiger partial charge >= 0.3 is 0 Å². The lowest BCUT2D eigenvalue weighted by molar-refractivity contribution is 0.391. The normalized spacial score (nSPS) is 15.3. The van der Waals surface area contributed by atoms with E-state index in [2.05, 4.69) is 4.72 Å². The molecule has 0 aliphatic carbocycles.